The van der Waals surface area contributed by atoms with Gasteiger partial charge in [0.25, 0.3) is 5.69 Å². The van der Waals surface area contributed by atoms with E-state index in [1.807, 2.05) is 0 Å². The van der Waals surface area contributed by atoms with Gasteiger partial charge in [-0.05, 0) is 31.0 Å². The first kappa shape index (κ1) is 19.9. The number of hydrogen-bond donors (Lipinski definition) is 1. The van der Waals surface area contributed by atoms with Gasteiger partial charge in [-0.15, -0.1) is 5.10 Å². The molecule has 0 spiro atoms. The molecule has 30 heavy (non-hydrogen) atoms. The Bertz CT molecular complexity index is 1250. The van der Waals surface area contributed by atoms with E-state index in [1.54, 1.807) is 29.1 Å². The van der Waals surface area contributed by atoms with Crippen molar-refractivity contribution in [2.75, 3.05) is 6.54 Å². The van der Waals surface area contributed by atoms with Gasteiger partial charge in [0.2, 0.25) is 10.0 Å². The standard InChI is InChI=1S/C18H18N6O5S/c25-18-22(21-17(23(18)14-7-8-14)13-4-3-9-19-12-13)11-10-20-30(28,29)16-6-2-1-5-15(16)24(26)27/h1-6,9,12,14,20H,7-8,10-11H2. The van der Waals surface area contributed by atoms with Crippen LogP contribution in [0.2, 0.25) is 0 Å². The summed E-state index contributed by atoms with van der Waals surface area (Å²) in [7, 11) is -4.13. The highest BCUT2D eigenvalue weighted by molar-refractivity contribution is 7.89. The van der Waals surface area contributed by atoms with Crippen LogP contribution in [-0.4, -0.2) is 39.2 Å². The van der Waals surface area contributed by atoms with Crippen molar-refractivity contribution in [1.82, 2.24) is 24.1 Å². The molecule has 0 radical (unpaired) electrons. The van der Waals surface area contributed by atoms with Crippen LogP contribution in [0.3, 0.4) is 0 Å². The first-order valence-corrected chi connectivity index (χ1v) is 10.7. The summed E-state index contributed by atoms with van der Waals surface area (Å²) in [6.07, 6.45) is 4.99. The Labute approximate surface area is 171 Å². The number of sulfonamides is 1. The Morgan fingerprint density at radius 2 is 1.97 bits per heavy atom. The molecule has 1 aliphatic rings. The van der Waals surface area contributed by atoms with Gasteiger partial charge in [0.15, 0.2) is 10.7 Å². The van der Waals surface area contributed by atoms with Crippen molar-refractivity contribution in [1.29, 1.82) is 0 Å². The van der Waals surface area contributed by atoms with Crippen LogP contribution < -0.4 is 10.4 Å². The molecule has 1 N–H and O–H groups in total. The van der Waals surface area contributed by atoms with Crippen LogP contribution in [-0.2, 0) is 16.6 Å². The zero-order valence-electron chi connectivity index (χ0n) is 15.7. The van der Waals surface area contributed by atoms with Gasteiger partial charge in [0.1, 0.15) is 0 Å². The molecule has 156 valence electrons. The Balaban J connectivity index is 1.55. The molecule has 3 aromatic rings. The van der Waals surface area contributed by atoms with Crippen LogP contribution >= 0.6 is 0 Å². The molecule has 0 saturated heterocycles. The molecule has 2 heterocycles. The topological polar surface area (TPSA) is 142 Å². The highest BCUT2D eigenvalue weighted by atomic mass is 32.2. The number of nitrogens with one attached hydrogen (secondary N) is 1. The van der Waals surface area contributed by atoms with Crippen molar-refractivity contribution in [2.24, 2.45) is 0 Å². The minimum Gasteiger partial charge on any atom is -0.272 e. The summed E-state index contributed by atoms with van der Waals surface area (Å²) in [5.74, 6) is 0.483. The molecule has 0 aliphatic heterocycles. The summed E-state index contributed by atoms with van der Waals surface area (Å²) in [6, 6.07) is 8.70. The van der Waals surface area contributed by atoms with E-state index in [-0.39, 0.29) is 24.8 Å². The maximum atomic E-state index is 12.8. The molecular formula is C18H18N6O5S. The van der Waals surface area contributed by atoms with E-state index in [9.17, 15) is 23.3 Å². The molecule has 4 rings (SSSR count). The van der Waals surface area contributed by atoms with E-state index in [0.717, 1.165) is 25.0 Å². The van der Waals surface area contributed by atoms with Crippen LogP contribution in [0, 0.1) is 10.1 Å². The number of nitro benzene ring substituents is 1. The number of nitro groups is 1. The fourth-order valence-corrected chi connectivity index (χ4v) is 4.31. The predicted octanol–water partition coefficient (Wildman–Crippen LogP) is 1.33. The molecule has 0 bridgehead atoms. The minimum atomic E-state index is -4.13. The van der Waals surface area contributed by atoms with Crippen molar-refractivity contribution in [3.8, 4) is 11.4 Å². The molecule has 11 nitrogen and oxygen atoms in total. The van der Waals surface area contributed by atoms with Crippen LogP contribution in [0.1, 0.15) is 18.9 Å². The Morgan fingerprint density at radius 1 is 1.20 bits per heavy atom. The first-order chi connectivity index (χ1) is 14.4. The summed E-state index contributed by atoms with van der Waals surface area (Å²) in [4.78, 5) is 26.8. The molecule has 0 atom stereocenters. The summed E-state index contributed by atoms with van der Waals surface area (Å²) in [5, 5.41) is 15.5. The molecule has 1 fully saturated rings. The summed E-state index contributed by atoms with van der Waals surface area (Å²) < 4.78 is 30.1. The zero-order valence-corrected chi connectivity index (χ0v) is 16.5. The lowest BCUT2D eigenvalue weighted by Crippen LogP contribution is -2.32. The molecule has 2 aromatic heterocycles. The number of nitrogens with zero attached hydrogens (tertiary/aromatic N) is 5. The van der Waals surface area contributed by atoms with Gasteiger partial charge in [-0.3, -0.25) is 19.7 Å². The minimum absolute atomic E-state index is 0.0221. The molecule has 1 aromatic carbocycles. The SMILES string of the molecule is O=c1n(CCNS(=O)(=O)c2ccccc2[N+](=O)[O-])nc(-c2cccnc2)n1C1CC1. The number of rotatable bonds is 8. The lowest BCUT2D eigenvalue weighted by atomic mass is 10.3. The lowest BCUT2D eigenvalue weighted by Gasteiger charge is -2.07. The van der Waals surface area contributed by atoms with Gasteiger partial charge < -0.3 is 0 Å². The van der Waals surface area contributed by atoms with E-state index in [1.165, 1.54) is 16.8 Å². The van der Waals surface area contributed by atoms with Crippen molar-refractivity contribution in [3.63, 3.8) is 0 Å². The van der Waals surface area contributed by atoms with Crippen LogP contribution in [0.25, 0.3) is 11.4 Å². The molecular weight excluding hydrogens is 412 g/mol. The van der Waals surface area contributed by atoms with Crippen LogP contribution in [0.4, 0.5) is 5.69 Å². The molecule has 0 amide bonds. The Kier molecular flexibility index (Phi) is 5.18. The van der Waals surface area contributed by atoms with Crippen molar-refractivity contribution < 1.29 is 13.3 Å². The number of benzene rings is 1. The Hall–Kier alpha value is -3.38. The van der Waals surface area contributed by atoms with Gasteiger partial charge >= 0.3 is 5.69 Å². The normalized spacial score (nSPS) is 14.0. The first-order valence-electron chi connectivity index (χ1n) is 9.21. The molecule has 0 unspecified atom stereocenters. The monoisotopic (exact) mass is 430 g/mol. The number of aromatic nitrogens is 4. The van der Waals surface area contributed by atoms with Gasteiger partial charge in [-0.25, -0.2) is 22.6 Å². The lowest BCUT2D eigenvalue weighted by molar-refractivity contribution is -0.387. The van der Waals surface area contributed by atoms with Crippen molar-refractivity contribution >= 4 is 15.7 Å². The van der Waals surface area contributed by atoms with E-state index < -0.39 is 25.5 Å². The average molecular weight is 430 g/mol. The fourth-order valence-electron chi connectivity index (χ4n) is 3.12. The molecule has 1 saturated carbocycles. The largest absolute Gasteiger partial charge is 0.346 e. The predicted molar refractivity (Wildman–Crippen MR) is 106 cm³/mol. The second-order valence-corrected chi connectivity index (χ2v) is 8.53. The zero-order chi connectivity index (χ0) is 21.3. The van der Waals surface area contributed by atoms with Gasteiger partial charge in [0.05, 0.1) is 11.5 Å². The maximum Gasteiger partial charge on any atom is 0.346 e. The average Bonchev–Trinajstić information content (AvgIpc) is 3.52. The highest BCUT2D eigenvalue weighted by Gasteiger charge is 2.30. The maximum absolute atomic E-state index is 12.8. The third-order valence-corrected chi connectivity index (χ3v) is 6.18. The van der Waals surface area contributed by atoms with Crippen LogP contribution in [0.15, 0.2) is 58.5 Å². The van der Waals surface area contributed by atoms with Gasteiger partial charge in [-0.1, -0.05) is 12.1 Å². The van der Waals surface area contributed by atoms with Crippen molar-refractivity contribution in [3.05, 3.63) is 69.4 Å². The number of hydrogen-bond acceptors (Lipinski definition) is 7. The van der Waals surface area contributed by atoms with E-state index in [0.29, 0.717) is 11.4 Å². The molecule has 12 heteroatoms. The number of para-hydroxylation sites is 1. The van der Waals surface area contributed by atoms with E-state index >= 15 is 0 Å². The van der Waals surface area contributed by atoms with Gasteiger partial charge in [-0.2, -0.15) is 0 Å². The van der Waals surface area contributed by atoms with Crippen LogP contribution in [0.5, 0.6) is 0 Å². The quantitative estimate of drug-likeness (QED) is 0.419. The van der Waals surface area contributed by atoms with Gasteiger partial charge in [0, 0.05) is 36.6 Å². The van der Waals surface area contributed by atoms with Crippen molar-refractivity contribution in [2.45, 2.75) is 30.3 Å². The summed E-state index contributed by atoms with van der Waals surface area (Å²) >= 11 is 0. The third-order valence-electron chi connectivity index (χ3n) is 4.67. The second-order valence-electron chi connectivity index (χ2n) is 6.79. The van der Waals surface area contributed by atoms with E-state index in [2.05, 4.69) is 14.8 Å². The fraction of sp³-hybridized carbons (Fsp3) is 0.278. The molecule has 1 aliphatic carbocycles. The summed E-state index contributed by atoms with van der Waals surface area (Å²) in [5.41, 5.74) is -0.152. The van der Waals surface area contributed by atoms with E-state index in [4.69, 9.17) is 0 Å². The highest BCUT2D eigenvalue weighted by Crippen LogP contribution is 2.36. The Morgan fingerprint density at radius 3 is 2.63 bits per heavy atom. The summed E-state index contributed by atoms with van der Waals surface area (Å²) in [6.45, 7) is -0.172. The smallest absolute Gasteiger partial charge is 0.272 e. The number of pyridine rings is 1. The third kappa shape index (κ3) is 3.86. The second kappa shape index (κ2) is 7.80.